The molecule has 0 saturated carbocycles. The van der Waals surface area contributed by atoms with E-state index in [9.17, 15) is 9.90 Å². The maximum absolute atomic E-state index is 12.1. The molecular formula is C25H24N2O3. The SMILES string of the molecule is Nc1cc(O)ccc1C=CCCNC(=O)OCC1c2ccccc2-c2ccccc21. The molecule has 30 heavy (non-hydrogen) atoms. The van der Waals surface area contributed by atoms with Crippen LogP contribution >= 0.6 is 0 Å². The van der Waals surface area contributed by atoms with Gasteiger partial charge in [0.1, 0.15) is 12.4 Å². The molecule has 0 unspecified atom stereocenters. The Kier molecular flexibility index (Phi) is 5.70. The Morgan fingerprint density at radius 3 is 2.37 bits per heavy atom. The smallest absolute Gasteiger partial charge is 0.407 e. The second-order valence-corrected chi connectivity index (χ2v) is 7.26. The van der Waals surface area contributed by atoms with Gasteiger partial charge >= 0.3 is 6.09 Å². The van der Waals surface area contributed by atoms with E-state index in [1.54, 1.807) is 12.1 Å². The fourth-order valence-electron chi connectivity index (χ4n) is 3.83. The first-order valence-corrected chi connectivity index (χ1v) is 9.97. The second kappa shape index (κ2) is 8.74. The van der Waals surface area contributed by atoms with Crippen molar-refractivity contribution >= 4 is 17.9 Å². The largest absolute Gasteiger partial charge is 0.508 e. The maximum atomic E-state index is 12.1. The molecule has 0 saturated heterocycles. The number of ether oxygens (including phenoxy) is 1. The number of benzene rings is 3. The summed E-state index contributed by atoms with van der Waals surface area (Å²) in [6, 6.07) is 21.4. The van der Waals surface area contributed by atoms with Crippen molar-refractivity contribution in [3.8, 4) is 16.9 Å². The van der Waals surface area contributed by atoms with E-state index in [1.807, 2.05) is 36.4 Å². The standard InChI is InChI=1S/C25H24N2O3/c26-24-15-18(28)13-12-17(24)7-5-6-14-27-25(29)30-16-23-21-10-3-1-8-19(21)20-9-2-4-11-22(20)23/h1-5,7-13,15,23,28H,6,14,16,26H2,(H,27,29). The Labute approximate surface area is 175 Å². The summed E-state index contributed by atoms with van der Waals surface area (Å²) >= 11 is 0. The highest BCUT2D eigenvalue weighted by Gasteiger charge is 2.28. The minimum Gasteiger partial charge on any atom is -0.508 e. The fraction of sp³-hybridized carbons (Fsp3) is 0.160. The predicted molar refractivity (Wildman–Crippen MR) is 119 cm³/mol. The molecule has 4 N–H and O–H groups in total. The van der Waals surface area contributed by atoms with Crippen molar-refractivity contribution in [3.63, 3.8) is 0 Å². The molecule has 0 bridgehead atoms. The summed E-state index contributed by atoms with van der Waals surface area (Å²) in [5.74, 6) is 0.196. The number of nitrogens with two attached hydrogens (primary N) is 1. The minimum absolute atomic E-state index is 0.0560. The summed E-state index contributed by atoms with van der Waals surface area (Å²) in [5, 5.41) is 12.2. The number of amides is 1. The first kappa shape index (κ1) is 19.6. The van der Waals surface area contributed by atoms with Crippen molar-refractivity contribution in [1.82, 2.24) is 5.32 Å². The lowest BCUT2D eigenvalue weighted by molar-refractivity contribution is 0.143. The third kappa shape index (κ3) is 4.15. The molecular weight excluding hydrogens is 376 g/mol. The lowest BCUT2D eigenvalue weighted by Crippen LogP contribution is -2.26. The van der Waals surface area contributed by atoms with Crippen LogP contribution in [-0.2, 0) is 4.74 Å². The lowest BCUT2D eigenvalue weighted by Gasteiger charge is -2.14. The van der Waals surface area contributed by atoms with Crippen LogP contribution in [0.25, 0.3) is 17.2 Å². The average Bonchev–Trinajstić information content (AvgIpc) is 3.07. The number of nitrogen functional groups attached to an aromatic ring is 1. The molecule has 1 amide bonds. The number of phenolic OH excluding ortho intramolecular Hbond substituents is 1. The molecule has 3 aromatic carbocycles. The Morgan fingerprint density at radius 2 is 1.70 bits per heavy atom. The van der Waals surface area contributed by atoms with Crippen molar-refractivity contribution < 1.29 is 14.6 Å². The number of anilines is 1. The number of hydrogen-bond acceptors (Lipinski definition) is 4. The molecule has 0 aromatic heterocycles. The molecule has 0 heterocycles. The molecule has 1 aliphatic rings. The van der Waals surface area contributed by atoms with Crippen LogP contribution in [0.15, 0.2) is 72.8 Å². The molecule has 3 aromatic rings. The molecule has 1 aliphatic carbocycles. The van der Waals surface area contributed by atoms with Gasteiger partial charge in [0.05, 0.1) is 0 Å². The summed E-state index contributed by atoms with van der Waals surface area (Å²) in [7, 11) is 0. The van der Waals surface area contributed by atoms with Crippen LogP contribution in [0.5, 0.6) is 5.75 Å². The van der Waals surface area contributed by atoms with Crippen LogP contribution in [-0.4, -0.2) is 24.4 Å². The van der Waals surface area contributed by atoms with Crippen molar-refractivity contribution in [1.29, 1.82) is 0 Å². The molecule has 0 atom stereocenters. The monoisotopic (exact) mass is 400 g/mol. The first-order chi connectivity index (χ1) is 14.6. The third-order valence-corrected chi connectivity index (χ3v) is 5.29. The van der Waals surface area contributed by atoms with Crippen LogP contribution in [0.4, 0.5) is 10.5 Å². The van der Waals surface area contributed by atoms with E-state index in [2.05, 4.69) is 29.6 Å². The molecule has 4 rings (SSSR count). The van der Waals surface area contributed by atoms with Crippen LogP contribution in [0.1, 0.15) is 29.0 Å². The normalized spacial score (nSPS) is 12.5. The van der Waals surface area contributed by atoms with Gasteiger partial charge in [-0.1, -0.05) is 60.7 Å². The van der Waals surface area contributed by atoms with E-state index in [4.69, 9.17) is 10.5 Å². The van der Waals surface area contributed by atoms with Gasteiger partial charge in [-0.2, -0.15) is 0 Å². The molecule has 5 nitrogen and oxygen atoms in total. The Morgan fingerprint density at radius 1 is 1.03 bits per heavy atom. The van der Waals surface area contributed by atoms with Crippen molar-refractivity contribution in [3.05, 3.63) is 89.5 Å². The van der Waals surface area contributed by atoms with Gasteiger partial charge in [0.15, 0.2) is 0 Å². The molecule has 0 fully saturated rings. The number of phenols is 1. The Hall–Kier alpha value is -3.73. The second-order valence-electron chi connectivity index (χ2n) is 7.26. The van der Waals surface area contributed by atoms with Gasteiger partial charge in [-0.3, -0.25) is 0 Å². The van der Waals surface area contributed by atoms with Crippen LogP contribution in [0.3, 0.4) is 0 Å². The molecule has 0 aliphatic heterocycles. The van der Waals surface area contributed by atoms with Gasteiger partial charge in [-0.15, -0.1) is 0 Å². The molecule has 0 radical (unpaired) electrons. The highest BCUT2D eigenvalue weighted by molar-refractivity contribution is 5.79. The number of nitrogens with one attached hydrogen (secondary N) is 1. The van der Waals surface area contributed by atoms with E-state index < -0.39 is 6.09 Å². The van der Waals surface area contributed by atoms with Gasteiger partial charge in [0, 0.05) is 24.2 Å². The average molecular weight is 400 g/mol. The summed E-state index contributed by atoms with van der Waals surface area (Å²) < 4.78 is 5.51. The number of carbonyl (C=O) groups is 1. The highest BCUT2D eigenvalue weighted by Crippen LogP contribution is 2.44. The van der Waals surface area contributed by atoms with Crippen LogP contribution in [0.2, 0.25) is 0 Å². The van der Waals surface area contributed by atoms with Gasteiger partial charge in [-0.05, 0) is 46.4 Å². The van der Waals surface area contributed by atoms with E-state index in [-0.39, 0.29) is 11.7 Å². The number of rotatable bonds is 6. The third-order valence-electron chi connectivity index (χ3n) is 5.29. The van der Waals surface area contributed by atoms with E-state index in [0.717, 1.165) is 5.56 Å². The van der Waals surface area contributed by atoms with Crippen molar-refractivity contribution in [2.75, 3.05) is 18.9 Å². The highest BCUT2D eigenvalue weighted by atomic mass is 16.5. The van der Waals surface area contributed by atoms with Crippen molar-refractivity contribution in [2.45, 2.75) is 12.3 Å². The zero-order valence-electron chi connectivity index (χ0n) is 16.5. The summed E-state index contributed by atoms with van der Waals surface area (Å²) in [4.78, 5) is 12.1. The molecule has 152 valence electrons. The van der Waals surface area contributed by atoms with Gasteiger partial charge < -0.3 is 20.9 Å². The van der Waals surface area contributed by atoms with E-state index in [0.29, 0.717) is 25.3 Å². The van der Waals surface area contributed by atoms with Gasteiger partial charge in [-0.25, -0.2) is 4.79 Å². The molecule has 5 heteroatoms. The maximum Gasteiger partial charge on any atom is 0.407 e. The number of alkyl carbamates (subject to hydrolysis) is 1. The zero-order chi connectivity index (χ0) is 20.9. The minimum atomic E-state index is -0.422. The number of carbonyl (C=O) groups excluding carboxylic acids is 1. The number of fused-ring (bicyclic) bond motifs is 3. The van der Waals surface area contributed by atoms with E-state index >= 15 is 0 Å². The quantitative estimate of drug-likeness (QED) is 0.405. The van der Waals surface area contributed by atoms with Gasteiger partial charge in [0.2, 0.25) is 0 Å². The fourth-order valence-corrected chi connectivity index (χ4v) is 3.83. The van der Waals surface area contributed by atoms with Crippen molar-refractivity contribution in [2.24, 2.45) is 0 Å². The first-order valence-electron chi connectivity index (χ1n) is 9.97. The predicted octanol–water partition coefficient (Wildman–Crippen LogP) is 4.92. The number of hydrogen-bond donors (Lipinski definition) is 3. The summed E-state index contributed by atoms with van der Waals surface area (Å²) in [6.07, 6.45) is 4.01. The Balaban J connectivity index is 1.28. The van der Waals surface area contributed by atoms with Crippen LogP contribution < -0.4 is 11.1 Å². The zero-order valence-corrected chi connectivity index (χ0v) is 16.5. The Bertz CT molecular complexity index is 1050. The molecule has 0 spiro atoms. The van der Waals surface area contributed by atoms with E-state index in [1.165, 1.54) is 28.3 Å². The topological polar surface area (TPSA) is 84.6 Å². The van der Waals surface area contributed by atoms with Gasteiger partial charge in [0.25, 0.3) is 0 Å². The summed E-state index contributed by atoms with van der Waals surface area (Å²) in [6.45, 7) is 0.769. The van der Waals surface area contributed by atoms with Crippen LogP contribution in [0, 0.1) is 0 Å². The lowest BCUT2D eigenvalue weighted by atomic mass is 9.98. The number of aromatic hydroxyl groups is 1. The summed E-state index contributed by atoms with van der Waals surface area (Å²) in [5.41, 5.74) is 12.0.